The number of hydrogen-bond acceptors (Lipinski definition) is 6. The molecule has 0 bridgehead atoms. The summed E-state index contributed by atoms with van der Waals surface area (Å²) in [6.07, 6.45) is -0.538. The Morgan fingerprint density at radius 3 is 3.00 bits per heavy atom. The van der Waals surface area contributed by atoms with Crippen molar-refractivity contribution in [3.63, 3.8) is 0 Å². The molecule has 0 amide bonds. The van der Waals surface area contributed by atoms with Crippen molar-refractivity contribution in [2.45, 2.75) is 12.6 Å². The van der Waals surface area contributed by atoms with Crippen molar-refractivity contribution in [1.29, 1.82) is 5.26 Å². The molecular formula is C15H18N2O4. The largest absolute Gasteiger partial charge is 0.495 e. The summed E-state index contributed by atoms with van der Waals surface area (Å²) < 4.78 is 15.3. The number of carbonyl (C=O) groups is 1. The highest BCUT2D eigenvalue weighted by atomic mass is 16.6. The van der Waals surface area contributed by atoms with E-state index in [2.05, 4.69) is 11.0 Å². The first-order valence-corrected chi connectivity index (χ1v) is 6.66. The van der Waals surface area contributed by atoms with Gasteiger partial charge in [0.05, 0.1) is 26.4 Å². The van der Waals surface area contributed by atoms with Crippen LogP contribution in [0.15, 0.2) is 18.2 Å². The number of carbonyl (C=O) groups excluding carboxylic acids is 1. The minimum absolute atomic E-state index is 0.350. The van der Waals surface area contributed by atoms with Gasteiger partial charge < -0.3 is 14.2 Å². The first-order chi connectivity index (χ1) is 10.2. The second-order valence-corrected chi connectivity index (χ2v) is 4.76. The van der Waals surface area contributed by atoms with Gasteiger partial charge in [-0.05, 0) is 17.7 Å². The van der Waals surface area contributed by atoms with Gasteiger partial charge in [-0.3, -0.25) is 4.90 Å². The summed E-state index contributed by atoms with van der Waals surface area (Å²) in [4.78, 5) is 13.6. The number of esters is 1. The minimum atomic E-state index is -0.538. The average Bonchev–Trinajstić information content (AvgIpc) is 2.54. The van der Waals surface area contributed by atoms with Crippen LogP contribution in [0.5, 0.6) is 5.75 Å². The van der Waals surface area contributed by atoms with E-state index in [-0.39, 0.29) is 5.97 Å². The van der Waals surface area contributed by atoms with Gasteiger partial charge in [-0.25, -0.2) is 4.79 Å². The van der Waals surface area contributed by atoms with E-state index < -0.39 is 6.10 Å². The highest BCUT2D eigenvalue weighted by Crippen LogP contribution is 2.21. The lowest BCUT2D eigenvalue weighted by atomic mass is 10.1. The lowest BCUT2D eigenvalue weighted by molar-refractivity contribution is -0.160. The van der Waals surface area contributed by atoms with Gasteiger partial charge in [0.1, 0.15) is 11.8 Å². The predicted octanol–water partition coefficient (Wildman–Crippen LogP) is 0.941. The quantitative estimate of drug-likeness (QED) is 0.769. The molecule has 6 nitrogen and oxygen atoms in total. The van der Waals surface area contributed by atoms with Crippen LogP contribution in [0.3, 0.4) is 0 Å². The Balaban J connectivity index is 2.04. The van der Waals surface area contributed by atoms with E-state index in [1.807, 2.05) is 12.1 Å². The monoisotopic (exact) mass is 290 g/mol. The van der Waals surface area contributed by atoms with Crippen LogP contribution in [0.2, 0.25) is 0 Å². The maximum Gasteiger partial charge on any atom is 0.336 e. The van der Waals surface area contributed by atoms with Gasteiger partial charge in [0.2, 0.25) is 0 Å². The zero-order valence-corrected chi connectivity index (χ0v) is 12.2. The lowest BCUT2D eigenvalue weighted by Crippen LogP contribution is -2.46. The van der Waals surface area contributed by atoms with Gasteiger partial charge in [-0.15, -0.1) is 0 Å². The number of methoxy groups -OCH3 is 2. The topological polar surface area (TPSA) is 71.8 Å². The van der Waals surface area contributed by atoms with E-state index in [9.17, 15) is 4.79 Å². The summed E-state index contributed by atoms with van der Waals surface area (Å²) in [6, 6.07) is 7.57. The van der Waals surface area contributed by atoms with Crippen LogP contribution in [0.1, 0.15) is 11.1 Å². The third kappa shape index (κ3) is 3.72. The normalized spacial score (nSPS) is 18.8. The number of hydrogen-bond donors (Lipinski definition) is 0. The van der Waals surface area contributed by atoms with Crippen LogP contribution in [0, 0.1) is 11.3 Å². The van der Waals surface area contributed by atoms with E-state index in [1.165, 1.54) is 7.11 Å². The Morgan fingerprint density at radius 1 is 1.52 bits per heavy atom. The maximum absolute atomic E-state index is 11.5. The number of nitrogens with zero attached hydrogens (tertiary/aromatic N) is 2. The van der Waals surface area contributed by atoms with Gasteiger partial charge in [-0.2, -0.15) is 5.26 Å². The molecule has 0 aliphatic carbocycles. The molecule has 0 N–H and O–H groups in total. The number of rotatable bonds is 4. The molecule has 1 saturated heterocycles. The Labute approximate surface area is 123 Å². The molecule has 2 rings (SSSR count). The van der Waals surface area contributed by atoms with Gasteiger partial charge in [0.15, 0.2) is 6.10 Å². The van der Waals surface area contributed by atoms with Crippen LogP contribution < -0.4 is 4.74 Å². The summed E-state index contributed by atoms with van der Waals surface area (Å²) in [7, 11) is 2.90. The number of benzene rings is 1. The standard InChI is InChI=1S/C15H18N2O4/c1-19-13-7-11(3-4-12(13)8-16)9-17-5-6-21-14(10-17)15(18)20-2/h3-4,7,14H,5-6,9-10H2,1-2H3. The van der Waals surface area contributed by atoms with E-state index in [1.54, 1.807) is 13.2 Å². The van der Waals surface area contributed by atoms with E-state index in [4.69, 9.17) is 19.5 Å². The van der Waals surface area contributed by atoms with Crippen LogP contribution in [0.25, 0.3) is 0 Å². The SMILES string of the molecule is COC(=O)C1CN(Cc2ccc(C#N)c(OC)c2)CCO1. The first-order valence-electron chi connectivity index (χ1n) is 6.66. The van der Waals surface area contributed by atoms with Crippen molar-refractivity contribution in [3.05, 3.63) is 29.3 Å². The van der Waals surface area contributed by atoms with Crippen molar-refractivity contribution < 1.29 is 19.0 Å². The Bertz CT molecular complexity index is 553. The summed E-state index contributed by atoms with van der Waals surface area (Å²) >= 11 is 0. The molecular weight excluding hydrogens is 272 g/mol. The van der Waals surface area contributed by atoms with Crippen molar-refractivity contribution in [2.75, 3.05) is 33.9 Å². The third-order valence-electron chi connectivity index (χ3n) is 3.41. The van der Waals surface area contributed by atoms with Gasteiger partial charge >= 0.3 is 5.97 Å². The molecule has 0 spiro atoms. The molecule has 1 aliphatic rings. The predicted molar refractivity (Wildman–Crippen MR) is 74.7 cm³/mol. The molecule has 112 valence electrons. The Morgan fingerprint density at radius 2 is 2.33 bits per heavy atom. The Hall–Kier alpha value is -2.10. The van der Waals surface area contributed by atoms with E-state index >= 15 is 0 Å². The molecule has 0 aromatic heterocycles. The highest BCUT2D eigenvalue weighted by molar-refractivity contribution is 5.74. The lowest BCUT2D eigenvalue weighted by Gasteiger charge is -2.31. The van der Waals surface area contributed by atoms with Crippen molar-refractivity contribution in [3.8, 4) is 11.8 Å². The third-order valence-corrected chi connectivity index (χ3v) is 3.41. The van der Waals surface area contributed by atoms with E-state index in [0.29, 0.717) is 31.0 Å². The van der Waals surface area contributed by atoms with Gasteiger partial charge in [-0.1, -0.05) is 6.07 Å². The molecule has 1 aromatic rings. The second-order valence-electron chi connectivity index (χ2n) is 4.76. The fourth-order valence-electron chi connectivity index (χ4n) is 2.30. The molecule has 0 radical (unpaired) electrons. The molecule has 1 heterocycles. The van der Waals surface area contributed by atoms with Crippen molar-refractivity contribution in [1.82, 2.24) is 4.90 Å². The zero-order chi connectivity index (χ0) is 15.2. The molecule has 1 atom stereocenters. The maximum atomic E-state index is 11.5. The zero-order valence-electron chi connectivity index (χ0n) is 12.2. The molecule has 6 heteroatoms. The fourth-order valence-corrected chi connectivity index (χ4v) is 2.30. The number of morpholine rings is 1. The minimum Gasteiger partial charge on any atom is -0.495 e. The van der Waals surface area contributed by atoms with Crippen LogP contribution in [0.4, 0.5) is 0 Å². The van der Waals surface area contributed by atoms with Crippen LogP contribution in [-0.4, -0.2) is 50.9 Å². The van der Waals surface area contributed by atoms with Crippen LogP contribution in [-0.2, 0) is 20.8 Å². The summed E-state index contributed by atoms with van der Waals surface area (Å²) in [6.45, 7) is 2.40. The number of ether oxygens (including phenoxy) is 3. The molecule has 21 heavy (non-hydrogen) atoms. The summed E-state index contributed by atoms with van der Waals surface area (Å²) in [5.74, 6) is 0.213. The van der Waals surface area contributed by atoms with E-state index in [0.717, 1.165) is 12.1 Å². The first kappa shape index (κ1) is 15.3. The van der Waals surface area contributed by atoms with Crippen molar-refractivity contribution in [2.24, 2.45) is 0 Å². The molecule has 0 saturated carbocycles. The molecule has 1 unspecified atom stereocenters. The smallest absolute Gasteiger partial charge is 0.336 e. The van der Waals surface area contributed by atoms with Crippen LogP contribution >= 0.6 is 0 Å². The summed E-state index contributed by atoms with van der Waals surface area (Å²) in [5, 5.41) is 8.98. The van der Waals surface area contributed by atoms with Gasteiger partial charge in [0, 0.05) is 19.6 Å². The number of nitriles is 1. The Kier molecular flexibility index (Phi) is 5.14. The fraction of sp³-hybridized carbons (Fsp3) is 0.467. The second kappa shape index (κ2) is 7.07. The average molecular weight is 290 g/mol. The van der Waals surface area contributed by atoms with Gasteiger partial charge in [0.25, 0.3) is 0 Å². The molecule has 1 fully saturated rings. The molecule has 1 aliphatic heterocycles. The van der Waals surface area contributed by atoms with Crippen molar-refractivity contribution >= 4 is 5.97 Å². The summed E-state index contributed by atoms with van der Waals surface area (Å²) in [5.41, 5.74) is 1.53. The molecule has 1 aromatic carbocycles. The highest BCUT2D eigenvalue weighted by Gasteiger charge is 2.27.